The molecule has 0 saturated carbocycles. The Hall–Kier alpha value is -4.57. The van der Waals surface area contributed by atoms with Crippen LogP contribution in [0.15, 0.2) is 72.1 Å². The largest absolute Gasteiger partial charge is 0.508 e. The summed E-state index contributed by atoms with van der Waals surface area (Å²) in [6.45, 7) is 4.18. The third kappa shape index (κ3) is 6.60. The van der Waals surface area contributed by atoms with Crippen molar-refractivity contribution in [2.45, 2.75) is 13.3 Å². The Morgan fingerprint density at radius 1 is 1.03 bits per heavy atom. The van der Waals surface area contributed by atoms with Crippen molar-refractivity contribution in [2.24, 2.45) is 5.10 Å². The van der Waals surface area contributed by atoms with Crippen molar-refractivity contribution in [1.29, 1.82) is 0 Å². The molecule has 38 heavy (non-hydrogen) atoms. The molecule has 1 fully saturated rings. The first-order chi connectivity index (χ1) is 18.5. The molecule has 0 spiro atoms. The second-order valence-corrected chi connectivity index (χ2v) is 8.99. The molecule has 1 saturated heterocycles. The van der Waals surface area contributed by atoms with Gasteiger partial charge in [-0.05, 0) is 66.4 Å². The van der Waals surface area contributed by atoms with Gasteiger partial charge in [0.25, 0.3) is 0 Å². The number of aromatic nitrogens is 3. The van der Waals surface area contributed by atoms with Crippen LogP contribution >= 0.6 is 0 Å². The number of anilines is 4. The van der Waals surface area contributed by atoms with E-state index < -0.39 is 5.82 Å². The summed E-state index contributed by atoms with van der Waals surface area (Å²) in [5.41, 5.74) is 8.35. The number of ether oxygens (including phenoxy) is 1. The summed E-state index contributed by atoms with van der Waals surface area (Å²) < 4.78 is 19.5. The second kappa shape index (κ2) is 11.7. The van der Waals surface area contributed by atoms with E-state index in [9.17, 15) is 9.50 Å². The molecule has 2 aromatic heterocycles. The molecule has 0 aliphatic carbocycles. The van der Waals surface area contributed by atoms with Crippen LogP contribution in [0.2, 0.25) is 0 Å². The van der Waals surface area contributed by atoms with E-state index in [0.29, 0.717) is 32.0 Å². The Bertz CT molecular complexity index is 1400. The lowest BCUT2D eigenvalue weighted by atomic mass is 10.0. The van der Waals surface area contributed by atoms with E-state index in [1.165, 1.54) is 0 Å². The zero-order chi connectivity index (χ0) is 26.3. The van der Waals surface area contributed by atoms with Crippen molar-refractivity contribution in [3.63, 3.8) is 0 Å². The van der Waals surface area contributed by atoms with Crippen molar-refractivity contribution in [2.75, 3.05) is 41.9 Å². The number of hydrogen-bond acceptors (Lipinski definition) is 9. The Balaban J connectivity index is 1.18. The van der Waals surface area contributed by atoms with Gasteiger partial charge in [0, 0.05) is 18.8 Å². The molecule has 2 aromatic carbocycles. The summed E-state index contributed by atoms with van der Waals surface area (Å²) in [5.74, 6) is 0.229. The number of nitrogens with zero attached hydrogens (tertiary/aromatic N) is 5. The zero-order valence-electron chi connectivity index (χ0n) is 20.9. The normalized spacial score (nSPS) is 13.6. The molecule has 1 aliphatic rings. The van der Waals surface area contributed by atoms with Gasteiger partial charge in [-0.3, -0.25) is 4.98 Å². The van der Waals surface area contributed by atoms with Crippen molar-refractivity contribution >= 4 is 29.4 Å². The predicted octanol–water partition coefficient (Wildman–Crippen LogP) is 4.64. The molecule has 0 radical (unpaired) electrons. The molecule has 0 atom stereocenters. The fourth-order valence-corrected chi connectivity index (χ4v) is 4.22. The van der Waals surface area contributed by atoms with E-state index in [0.717, 1.165) is 40.7 Å². The van der Waals surface area contributed by atoms with E-state index in [-0.39, 0.29) is 17.5 Å². The number of morpholine rings is 1. The molecule has 10 heteroatoms. The number of phenols is 1. The first-order valence-electron chi connectivity index (χ1n) is 12.3. The summed E-state index contributed by atoms with van der Waals surface area (Å²) >= 11 is 0. The number of pyridine rings is 1. The molecule has 194 valence electrons. The van der Waals surface area contributed by atoms with Gasteiger partial charge in [0.2, 0.25) is 5.95 Å². The fourth-order valence-electron chi connectivity index (χ4n) is 4.22. The number of benzene rings is 2. The monoisotopic (exact) mass is 513 g/mol. The van der Waals surface area contributed by atoms with Crippen molar-refractivity contribution in [3.8, 4) is 5.75 Å². The van der Waals surface area contributed by atoms with Crippen LogP contribution in [0, 0.1) is 12.7 Å². The van der Waals surface area contributed by atoms with Gasteiger partial charge in [-0.1, -0.05) is 18.2 Å². The number of nitrogens with one attached hydrogen (secondary N) is 2. The smallest absolute Gasteiger partial charge is 0.245 e. The van der Waals surface area contributed by atoms with Crippen LogP contribution in [0.5, 0.6) is 5.75 Å². The van der Waals surface area contributed by atoms with E-state index in [2.05, 4.69) is 49.0 Å². The molecule has 0 unspecified atom stereocenters. The standard InChI is InChI=1S/C28H28FN7O2/c1-19-11-21(15-25(37)12-19)13-20-3-2-4-22(14-20)33-24-6-5-23(30-16-24)17-32-35-28-31-18-26(29)27(34-28)36-7-9-38-10-8-36/h2-6,11-12,14-18,33,37H,7-10,13H2,1H3,(H,31,34,35)/b32-17+. The highest BCUT2D eigenvalue weighted by Crippen LogP contribution is 2.22. The maximum Gasteiger partial charge on any atom is 0.245 e. The van der Waals surface area contributed by atoms with Gasteiger partial charge in [-0.15, -0.1) is 0 Å². The number of rotatable bonds is 8. The molecule has 0 amide bonds. The lowest BCUT2D eigenvalue weighted by molar-refractivity contribution is 0.122. The van der Waals surface area contributed by atoms with E-state index >= 15 is 0 Å². The van der Waals surface area contributed by atoms with Gasteiger partial charge < -0.3 is 20.1 Å². The van der Waals surface area contributed by atoms with Gasteiger partial charge in [-0.2, -0.15) is 10.1 Å². The van der Waals surface area contributed by atoms with Crippen LogP contribution in [-0.4, -0.2) is 52.6 Å². The van der Waals surface area contributed by atoms with Crippen molar-refractivity contribution < 1.29 is 14.2 Å². The number of hydrazone groups is 1. The SMILES string of the molecule is Cc1cc(O)cc(Cc2cccc(Nc3ccc(/C=N/Nc4ncc(F)c(N5CCOCC5)n4)nc3)c2)c1. The van der Waals surface area contributed by atoms with Gasteiger partial charge >= 0.3 is 0 Å². The highest BCUT2D eigenvalue weighted by atomic mass is 19.1. The van der Waals surface area contributed by atoms with Crippen LogP contribution in [-0.2, 0) is 11.2 Å². The van der Waals surface area contributed by atoms with Crippen LogP contribution < -0.4 is 15.6 Å². The summed E-state index contributed by atoms with van der Waals surface area (Å²) in [7, 11) is 0. The van der Waals surface area contributed by atoms with Crippen LogP contribution in [0.1, 0.15) is 22.4 Å². The Morgan fingerprint density at radius 2 is 1.89 bits per heavy atom. The molecule has 3 N–H and O–H groups in total. The van der Waals surface area contributed by atoms with Gasteiger partial charge in [0.1, 0.15) is 5.75 Å². The summed E-state index contributed by atoms with van der Waals surface area (Å²) in [6.07, 6.45) is 5.12. The maximum absolute atomic E-state index is 14.2. The molecule has 1 aliphatic heterocycles. The zero-order valence-corrected chi connectivity index (χ0v) is 20.9. The second-order valence-electron chi connectivity index (χ2n) is 8.99. The van der Waals surface area contributed by atoms with E-state index in [4.69, 9.17) is 4.74 Å². The quantitative estimate of drug-likeness (QED) is 0.231. The summed E-state index contributed by atoms with van der Waals surface area (Å²) in [4.78, 5) is 14.4. The molecule has 9 nitrogen and oxygen atoms in total. The molecule has 0 bridgehead atoms. The molecular weight excluding hydrogens is 485 g/mol. The third-order valence-electron chi connectivity index (χ3n) is 5.93. The molecule has 4 aromatic rings. The Morgan fingerprint density at radius 3 is 2.68 bits per heavy atom. The maximum atomic E-state index is 14.2. The first-order valence-corrected chi connectivity index (χ1v) is 12.3. The van der Waals surface area contributed by atoms with Crippen LogP contribution in [0.4, 0.5) is 27.5 Å². The lowest BCUT2D eigenvalue weighted by Gasteiger charge is -2.27. The van der Waals surface area contributed by atoms with Crippen molar-refractivity contribution in [1.82, 2.24) is 15.0 Å². The Labute approximate surface area is 220 Å². The van der Waals surface area contributed by atoms with Crippen molar-refractivity contribution in [3.05, 3.63) is 95.2 Å². The van der Waals surface area contributed by atoms with Gasteiger partial charge in [0.15, 0.2) is 11.6 Å². The predicted molar refractivity (Wildman–Crippen MR) is 146 cm³/mol. The minimum Gasteiger partial charge on any atom is -0.508 e. The minimum absolute atomic E-state index is 0.197. The number of hydrogen-bond donors (Lipinski definition) is 3. The number of aromatic hydroxyl groups is 1. The highest BCUT2D eigenvalue weighted by molar-refractivity contribution is 5.78. The number of aryl methyl sites for hydroxylation is 1. The van der Waals surface area contributed by atoms with Gasteiger partial charge in [0.05, 0.1) is 43.2 Å². The number of phenolic OH excluding ortho intramolecular Hbond substituents is 1. The average Bonchev–Trinajstić information content (AvgIpc) is 2.91. The molecule has 5 rings (SSSR count). The number of halogens is 1. The topological polar surface area (TPSA) is 108 Å². The fraction of sp³-hybridized carbons (Fsp3) is 0.214. The van der Waals surface area contributed by atoms with Crippen LogP contribution in [0.25, 0.3) is 0 Å². The van der Waals surface area contributed by atoms with Gasteiger partial charge in [-0.25, -0.2) is 14.8 Å². The minimum atomic E-state index is -0.480. The Kier molecular flexibility index (Phi) is 7.70. The highest BCUT2D eigenvalue weighted by Gasteiger charge is 2.17. The third-order valence-corrected chi connectivity index (χ3v) is 5.93. The molecule has 3 heterocycles. The van der Waals surface area contributed by atoms with E-state index in [1.807, 2.05) is 36.1 Å². The van der Waals surface area contributed by atoms with Crippen LogP contribution in [0.3, 0.4) is 0 Å². The first kappa shape index (κ1) is 25.1. The molecular formula is C28H28FN7O2. The lowest BCUT2D eigenvalue weighted by Crippen LogP contribution is -2.37. The average molecular weight is 514 g/mol. The summed E-state index contributed by atoms with van der Waals surface area (Å²) in [5, 5.41) is 17.4. The summed E-state index contributed by atoms with van der Waals surface area (Å²) in [6, 6.07) is 17.5. The van der Waals surface area contributed by atoms with E-state index in [1.54, 1.807) is 24.5 Å².